The molecule has 2 rings (SSSR count). The minimum absolute atomic E-state index is 0.128. The molecule has 0 heterocycles. The fourth-order valence-electron chi connectivity index (χ4n) is 2.02. The summed E-state index contributed by atoms with van der Waals surface area (Å²) in [6.45, 7) is 3.49. The van der Waals surface area contributed by atoms with Crippen LogP contribution in [0.2, 0.25) is 0 Å². The lowest BCUT2D eigenvalue weighted by molar-refractivity contribution is 0.0695. The lowest BCUT2D eigenvalue weighted by atomic mass is 10.0. The predicted molar refractivity (Wildman–Crippen MR) is 78.9 cm³/mol. The molecule has 1 amide bonds. The van der Waals surface area contributed by atoms with Crippen molar-refractivity contribution < 1.29 is 19.8 Å². The molecule has 0 unspecified atom stereocenters. The molecule has 2 aromatic rings. The molecule has 0 aromatic heterocycles. The average molecular weight is 285 g/mol. The van der Waals surface area contributed by atoms with Crippen molar-refractivity contribution in [3.63, 3.8) is 0 Å². The minimum Gasteiger partial charge on any atom is -0.507 e. The Morgan fingerprint density at radius 3 is 2.33 bits per heavy atom. The van der Waals surface area contributed by atoms with Crippen LogP contribution in [0.1, 0.15) is 31.8 Å². The number of phenols is 1. The summed E-state index contributed by atoms with van der Waals surface area (Å²) in [5.74, 6) is -1.67. The largest absolute Gasteiger partial charge is 0.507 e. The molecule has 0 radical (unpaired) electrons. The van der Waals surface area contributed by atoms with E-state index in [1.54, 1.807) is 32.0 Å². The number of para-hydroxylation sites is 1. The van der Waals surface area contributed by atoms with Gasteiger partial charge in [0.15, 0.2) is 0 Å². The first-order valence-electron chi connectivity index (χ1n) is 6.34. The van der Waals surface area contributed by atoms with Crippen molar-refractivity contribution in [2.75, 3.05) is 5.32 Å². The molecule has 0 saturated carbocycles. The molecule has 0 aliphatic rings. The second-order valence-corrected chi connectivity index (χ2v) is 4.74. The maximum Gasteiger partial charge on any atom is 0.336 e. The van der Waals surface area contributed by atoms with Gasteiger partial charge >= 0.3 is 5.97 Å². The Balaban J connectivity index is 2.34. The molecule has 0 spiro atoms. The Kier molecular flexibility index (Phi) is 3.93. The van der Waals surface area contributed by atoms with Gasteiger partial charge in [0, 0.05) is 5.69 Å². The molecule has 0 atom stereocenters. The number of nitrogens with one attached hydrogen (secondary N) is 1. The van der Waals surface area contributed by atoms with Crippen molar-refractivity contribution in [1.82, 2.24) is 0 Å². The average Bonchev–Trinajstić information content (AvgIpc) is 2.42. The Morgan fingerprint density at radius 2 is 1.71 bits per heavy atom. The van der Waals surface area contributed by atoms with Gasteiger partial charge in [0.05, 0.1) is 11.1 Å². The Hall–Kier alpha value is -2.82. The number of carboxylic acid groups (broad SMARTS) is 1. The second kappa shape index (κ2) is 5.66. The first kappa shape index (κ1) is 14.6. The third-order valence-corrected chi connectivity index (χ3v) is 3.30. The van der Waals surface area contributed by atoms with E-state index in [1.807, 2.05) is 0 Å². The van der Waals surface area contributed by atoms with E-state index in [2.05, 4.69) is 5.32 Å². The summed E-state index contributed by atoms with van der Waals surface area (Å²) in [6.07, 6.45) is 0. The molecule has 21 heavy (non-hydrogen) atoms. The number of rotatable bonds is 3. The summed E-state index contributed by atoms with van der Waals surface area (Å²) in [7, 11) is 0. The lowest BCUT2D eigenvalue weighted by Crippen LogP contribution is -2.13. The molecule has 2 aromatic carbocycles. The number of carboxylic acids is 1. The molecule has 0 aliphatic heterocycles. The van der Waals surface area contributed by atoms with Crippen LogP contribution in [0.25, 0.3) is 0 Å². The molecular formula is C16H15NO4. The number of anilines is 1. The lowest BCUT2D eigenvalue weighted by Gasteiger charge is -2.11. The maximum absolute atomic E-state index is 12.1. The third kappa shape index (κ3) is 3.02. The van der Waals surface area contributed by atoms with Crippen LogP contribution in [0.4, 0.5) is 5.69 Å². The number of carbonyl (C=O) groups excluding carboxylic acids is 1. The summed E-state index contributed by atoms with van der Waals surface area (Å²) in [5.41, 5.74) is 2.07. The number of amides is 1. The first-order chi connectivity index (χ1) is 9.90. The third-order valence-electron chi connectivity index (χ3n) is 3.30. The van der Waals surface area contributed by atoms with Crippen LogP contribution in [0, 0.1) is 13.8 Å². The predicted octanol–water partition coefficient (Wildman–Crippen LogP) is 2.96. The molecule has 5 nitrogen and oxygen atoms in total. The number of benzene rings is 2. The van der Waals surface area contributed by atoms with Gasteiger partial charge in [-0.25, -0.2) is 4.79 Å². The molecule has 108 valence electrons. The SMILES string of the molecule is Cc1cc(NC(=O)c2ccccc2O)cc(C(=O)O)c1C. The maximum atomic E-state index is 12.1. The van der Waals surface area contributed by atoms with E-state index in [9.17, 15) is 14.7 Å². The van der Waals surface area contributed by atoms with Gasteiger partial charge in [-0.3, -0.25) is 4.79 Å². The second-order valence-electron chi connectivity index (χ2n) is 4.74. The number of aromatic hydroxyl groups is 1. The minimum atomic E-state index is -1.05. The van der Waals surface area contributed by atoms with Crippen LogP contribution in [-0.4, -0.2) is 22.1 Å². The Labute approximate surface area is 121 Å². The van der Waals surface area contributed by atoms with Crippen LogP contribution in [-0.2, 0) is 0 Å². The summed E-state index contributed by atoms with van der Waals surface area (Å²) < 4.78 is 0. The van der Waals surface area contributed by atoms with Gasteiger partial charge in [0.2, 0.25) is 0 Å². The number of aromatic carboxylic acids is 1. The van der Waals surface area contributed by atoms with Gasteiger partial charge in [-0.15, -0.1) is 0 Å². The molecule has 0 bridgehead atoms. The fraction of sp³-hybridized carbons (Fsp3) is 0.125. The summed E-state index contributed by atoms with van der Waals surface area (Å²) in [6, 6.07) is 9.26. The number of carbonyl (C=O) groups is 2. The van der Waals surface area contributed by atoms with Crippen LogP contribution < -0.4 is 5.32 Å². The van der Waals surface area contributed by atoms with Gasteiger partial charge in [0.25, 0.3) is 5.91 Å². The topological polar surface area (TPSA) is 86.6 Å². The molecule has 3 N–H and O–H groups in total. The van der Waals surface area contributed by atoms with Gasteiger partial charge < -0.3 is 15.5 Å². The number of phenolic OH excluding ortho intramolecular Hbond substituents is 1. The highest BCUT2D eigenvalue weighted by Crippen LogP contribution is 2.22. The smallest absolute Gasteiger partial charge is 0.336 e. The van der Waals surface area contributed by atoms with E-state index in [-0.39, 0.29) is 16.9 Å². The van der Waals surface area contributed by atoms with Crippen LogP contribution in [0.15, 0.2) is 36.4 Å². The number of hydrogen-bond acceptors (Lipinski definition) is 3. The normalized spacial score (nSPS) is 10.2. The standard InChI is InChI=1S/C16H15NO4/c1-9-7-11(8-13(10(9)2)16(20)21)17-15(19)12-5-3-4-6-14(12)18/h3-8,18H,1-2H3,(H,17,19)(H,20,21). The fourth-order valence-corrected chi connectivity index (χ4v) is 2.02. The number of hydrogen-bond donors (Lipinski definition) is 3. The van der Waals surface area contributed by atoms with Gasteiger partial charge in [-0.1, -0.05) is 12.1 Å². The highest BCUT2D eigenvalue weighted by Gasteiger charge is 2.14. The van der Waals surface area contributed by atoms with E-state index >= 15 is 0 Å². The van der Waals surface area contributed by atoms with E-state index in [1.165, 1.54) is 18.2 Å². The van der Waals surface area contributed by atoms with Gasteiger partial charge in [-0.05, 0) is 49.2 Å². The van der Waals surface area contributed by atoms with E-state index in [4.69, 9.17) is 5.11 Å². The Morgan fingerprint density at radius 1 is 1.05 bits per heavy atom. The van der Waals surface area contributed by atoms with E-state index < -0.39 is 11.9 Å². The molecular weight excluding hydrogens is 270 g/mol. The monoisotopic (exact) mass is 285 g/mol. The van der Waals surface area contributed by atoms with Crippen molar-refractivity contribution in [2.45, 2.75) is 13.8 Å². The zero-order valence-electron chi connectivity index (χ0n) is 11.7. The molecule has 0 saturated heterocycles. The summed E-state index contributed by atoms with van der Waals surface area (Å²) in [4.78, 5) is 23.3. The quantitative estimate of drug-likeness (QED) is 0.809. The van der Waals surface area contributed by atoms with Gasteiger partial charge in [-0.2, -0.15) is 0 Å². The van der Waals surface area contributed by atoms with Crippen LogP contribution >= 0.6 is 0 Å². The summed E-state index contributed by atoms with van der Waals surface area (Å²) >= 11 is 0. The molecule has 0 fully saturated rings. The van der Waals surface area contributed by atoms with Crippen molar-refractivity contribution >= 4 is 17.6 Å². The van der Waals surface area contributed by atoms with E-state index in [0.717, 1.165) is 5.56 Å². The van der Waals surface area contributed by atoms with Gasteiger partial charge in [0.1, 0.15) is 5.75 Å². The van der Waals surface area contributed by atoms with Crippen LogP contribution in [0.5, 0.6) is 5.75 Å². The molecule has 0 aliphatic carbocycles. The van der Waals surface area contributed by atoms with Crippen molar-refractivity contribution in [1.29, 1.82) is 0 Å². The first-order valence-corrected chi connectivity index (χ1v) is 6.34. The van der Waals surface area contributed by atoms with Crippen molar-refractivity contribution in [2.24, 2.45) is 0 Å². The van der Waals surface area contributed by atoms with Crippen molar-refractivity contribution in [3.8, 4) is 5.75 Å². The highest BCUT2D eigenvalue weighted by molar-refractivity contribution is 6.06. The summed E-state index contributed by atoms with van der Waals surface area (Å²) in [5, 5.41) is 21.4. The molecule has 5 heteroatoms. The zero-order chi connectivity index (χ0) is 15.6. The zero-order valence-corrected chi connectivity index (χ0v) is 11.7. The Bertz CT molecular complexity index is 722. The highest BCUT2D eigenvalue weighted by atomic mass is 16.4. The van der Waals surface area contributed by atoms with Crippen molar-refractivity contribution in [3.05, 3.63) is 58.7 Å². The van der Waals surface area contributed by atoms with Crippen LogP contribution in [0.3, 0.4) is 0 Å². The number of aryl methyl sites for hydroxylation is 1. The van der Waals surface area contributed by atoms with E-state index in [0.29, 0.717) is 11.3 Å².